The quantitative estimate of drug-likeness (QED) is 0.609. The number of hydrogen-bond donors (Lipinski definition) is 4. The van der Waals surface area contributed by atoms with Crippen LogP contribution in [0.4, 0.5) is 28.4 Å². The highest BCUT2D eigenvalue weighted by Gasteiger charge is 2.07. The van der Waals surface area contributed by atoms with Crippen molar-refractivity contribution in [2.24, 2.45) is 0 Å². The zero-order chi connectivity index (χ0) is 13.3. The zero-order valence-electron chi connectivity index (χ0n) is 10.6. The minimum absolute atomic E-state index is 0.677. The summed E-state index contributed by atoms with van der Waals surface area (Å²) in [6, 6.07) is 9.39. The van der Waals surface area contributed by atoms with Gasteiger partial charge in [-0.3, -0.25) is 0 Å². The van der Waals surface area contributed by atoms with Crippen LogP contribution in [0.3, 0.4) is 0 Å². The van der Waals surface area contributed by atoms with E-state index in [1.54, 1.807) is 6.07 Å². The third kappa shape index (κ3) is 2.18. The molecular formula is C14H18N4. The monoisotopic (exact) mass is 242 g/mol. The van der Waals surface area contributed by atoms with Gasteiger partial charge < -0.3 is 22.5 Å². The number of nitrogens with one attached hydrogen (secondary N) is 1. The SMILES string of the molecule is Cc1cc(Nc2c(N)ccc(N)c2C)ccc1N. The van der Waals surface area contributed by atoms with Crippen LogP contribution < -0.4 is 22.5 Å². The van der Waals surface area contributed by atoms with Gasteiger partial charge in [-0.25, -0.2) is 0 Å². The van der Waals surface area contributed by atoms with Crippen molar-refractivity contribution in [1.82, 2.24) is 0 Å². The Morgan fingerprint density at radius 1 is 0.833 bits per heavy atom. The molecule has 7 N–H and O–H groups in total. The van der Waals surface area contributed by atoms with E-state index in [-0.39, 0.29) is 0 Å². The van der Waals surface area contributed by atoms with Gasteiger partial charge in [0.2, 0.25) is 0 Å². The molecule has 94 valence electrons. The molecule has 0 unspecified atom stereocenters. The van der Waals surface area contributed by atoms with E-state index in [0.717, 1.165) is 33.9 Å². The van der Waals surface area contributed by atoms with Gasteiger partial charge in [-0.1, -0.05) is 0 Å². The Hall–Kier alpha value is -2.36. The number of nitrogen functional groups attached to an aromatic ring is 3. The van der Waals surface area contributed by atoms with Gasteiger partial charge in [0.15, 0.2) is 0 Å². The van der Waals surface area contributed by atoms with E-state index in [0.29, 0.717) is 5.69 Å². The summed E-state index contributed by atoms with van der Waals surface area (Å²) in [5.74, 6) is 0. The Morgan fingerprint density at radius 2 is 1.44 bits per heavy atom. The molecule has 0 radical (unpaired) electrons. The third-order valence-electron chi connectivity index (χ3n) is 3.08. The van der Waals surface area contributed by atoms with Crippen molar-refractivity contribution in [1.29, 1.82) is 0 Å². The Bertz CT molecular complexity index is 591. The van der Waals surface area contributed by atoms with Crippen LogP contribution >= 0.6 is 0 Å². The van der Waals surface area contributed by atoms with Gasteiger partial charge in [0, 0.05) is 17.1 Å². The van der Waals surface area contributed by atoms with Crippen LogP contribution in [-0.4, -0.2) is 0 Å². The van der Waals surface area contributed by atoms with Crippen molar-refractivity contribution >= 4 is 28.4 Å². The average molecular weight is 242 g/mol. The van der Waals surface area contributed by atoms with Gasteiger partial charge >= 0.3 is 0 Å². The lowest BCUT2D eigenvalue weighted by Gasteiger charge is -2.15. The molecule has 0 aliphatic heterocycles. The first-order valence-electron chi connectivity index (χ1n) is 5.76. The van der Waals surface area contributed by atoms with Crippen LogP contribution in [0, 0.1) is 13.8 Å². The average Bonchev–Trinajstić information content (AvgIpc) is 2.34. The molecule has 4 nitrogen and oxygen atoms in total. The standard InChI is InChI=1S/C14H18N4/c1-8-7-10(3-4-11(8)15)18-14-9(2)12(16)5-6-13(14)17/h3-7,18H,15-17H2,1-2H3. The first-order valence-corrected chi connectivity index (χ1v) is 5.76. The largest absolute Gasteiger partial charge is 0.399 e. The molecule has 0 aliphatic rings. The van der Waals surface area contributed by atoms with Gasteiger partial charge in [-0.05, 0) is 55.3 Å². The number of benzene rings is 2. The number of hydrogen-bond acceptors (Lipinski definition) is 4. The van der Waals surface area contributed by atoms with Crippen molar-refractivity contribution < 1.29 is 0 Å². The number of anilines is 5. The summed E-state index contributed by atoms with van der Waals surface area (Å²) in [5.41, 5.74) is 23.6. The summed E-state index contributed by atoms with van der Waals surface area (Å²) < 4.78 is 0. The molecule has 2 aromatic carbocycles. The van der Waals surface area contributed by atoms with Crippen molar-refractivity contribution in [2.75, 3.05) is 22.5 Å². The van der Waals surface area contributed by atoms with Gasteiger partial charge in [0.25, 0.3) is 0 Å². The van der Waals surface area contributed by atoms with Crippen molar-refractivity contribution in [3.8, 4) is 0 Å². The molecule has 0 saturated heterocycles. The van der Waals surface area contributed by atoms with Crippen LogP contribution in [-0.2, 0) is 0 Å². The van der Waals surface area contributed by atoms with Crippen LogP contribution in [0.15, 0.2) is 30.3 Å². The maximum absolute atomic E-state index is 5.96. The fraction of sp³-hybridized carbons (Fsp3) is 0.143. The first kappa shape index (κ1) is 12.1. The van der Waals surface area contributed by atoms with Crippen LogP contribution in [0.25, 0.3) is 0 Å². The van der Waals surface area contributed by atoms with E-state index < -0.39 is 0 Å². The minimum atomic E-state index is 0.677. The van der Waals surface area contributed by atoms with Gasteiger partial charge in [-0.15, -0.1) is 0 Å². The molecule has 2 rings (SSSR count). The molecule has 0 heterocycles. The lowest BCUT2D eigenvalue weighted by atomic mass is 10.1. The van der Waals surface area contributed by atoms with E-state index in [1.807, 2.05) is 38.1 Å². The Balaban J connectivity index is 2.39. The highest BCUT2D eigenvalue weighted by atomic mass is 14.9. The first-order chi connectivity index (χ1) is 8.49. The summed E-state index contributed by atoms with van der Waals surface area (Å²) in [7, 11) is 0. The second kappa shape index (κ2) is 4.49. The summed E-state index contributed by atoms with van der Waals surface area (Å²) in [5, 5.41) is 3.29. The second-order valence-corrected chi connectivity index (χ2v) is 4.44. The highest BCUT2D eigenvalue weighted by Crippen LogP contribution is 2.31. The molecular weight excluding hydrogens is 224 g/mol. The number of aryl methyl sites for hydroxylation is 1. The zero-order valence-corrected chi connectivity index (χ0v) is 10.6. The Kier molecular flexibility index (Phi) is 3.02. The van der Waals surface area contributed by atoms with Gasteiger partial charge in [0.1, 0.15) is 0 Å². The fourth-order valence-electron chi connectivity index (χ4n) is 1.81. The number of rotatable bonds is 2. The van der Waals surface area contributed by atoms with Crippen LogP contribution in [0.2, 0.25) is 0 Å². The van der Waals surface area contributed by atoms with Gasteiger partial charge in [-0.2, -0.15) is 0 Å². The summed E-state index contributed by atoms with van der Waals surface area (Å²) in [6.07, 6.45) is 0. The predicted molar refractivity (Wildman–Crippen MR) is 78.9 cm³/mol. The fourth-order valence-corrected chi connectivity index (χ4v) is 1.81. The topological polar surface area (TPSA) is 90.1 Å². The molecule has 0 fully saturated rings. The van der Waals surface area contributed by atoms with Crippen molar-refractivity contribution in [3.63, 3.8) is 0 Å². The molecule has 0 saturated carbocycles. The summed E-state index contributed by atoms with van der Waals surface area (Å²) in [6.45, 7) is 3.91. The van der Waals surface area contributed by atoms with Gasteiger partial charge in [0.05, 0.1) is 11.4 Å². The van der Waals surface area contributed by atoms with E-state index in [1.165, 1.54) is 0 Å². The normalized spacial score (nSPS) is 10.3. The second-order valence-electron chi connectivity index (χ2n) is 4.44. The third-order valence-corrected chi connectivity index (χ3v) is 3.08. The van der Waals surface area contributed by atoms with Crippen molar-refractivity contribution in [3.05, 3.63) is 41.5 Å². The predicted octanol–water partition coefficient (Wildman–Crippen LogP) is 2.79. The molecule has 0 bridgehead atoms. The molecule has 18 heavy (non-hydrogen) atoms. The van der Waals surface area contributed by atoms with Crippen molar-refractivity contribution in [2.45, 2.75) is 13.8 Å². The van der Waals surface area contributed by atoms with E-state index in [9.17, 15) is 0 Å². The summed E-state index contributed by atoms with van der Waals surface area (Å²) in [4.78, 5) is 0. The molecule has 0 spiro atoms. The van der Waals surface area contributed by atoms with Crippen LogP contribution in [0.1, 0.15) is 11.1 Å². The number of nitrogens with two attached hydrogens (primary N) is 3. The Labute approximate surface area is 107 Å². The molecule has 0 aliphatic carbocycles. The van der Waals surface area contributed by atoms with E-state index in [4.69, 9.17) is 17.2 Å². The molecule has 4 heteroatoms. The maximum Gasteiger partial charge on any atom is 0.0668 e. The minimum Gasteiger partial charge on any atom is -0.399 e. The molecule has 0 amide bonds. The maximum atomic E-state index is 5.96. The van der Waals surface area contributed by atoms with E-state index in [2.05, 4.69) is 5.32 Å². The lowest BCUT2D eigenvalue weighted by molar-refractivity contribution is 1.41. The lowest BCUT2D eigenvalue weighted by Crippen LogP contribution is -2.02. The molecule has 0 atom stereocenters. The van der Waals surface area contributed by atoms with E-state index >= 15 is 0 Å². The Morgan fingerprint density at radius 3 is 2.11 bits per heavy atom. The smallest absolute Gasteiger partial charge is 0.0668 e. The molecule has 2 aromatic rings. The molecule has 0 aromatic heterocycles. The highest BCUT2D eigenvalue weighted by molar-refractivity contribution is 5.80. The van der Waals surface area contributed by atoms with Crippen LogP contribution in [0.5, 0.6) is 0 Å². The summed E-state index contributed by atoms with van der Waals surface area (Å²) >= 11 is 0.